The first-order chi connectivity index (χ1) is 5.65. The first kappa shape index (κ1) is 9.52. The van der Waals surface area contributed by atoms with E-state index in [0.29, 0.717) is 12.0 Å². The van der Waals surface area contributed by atoms with E-state index in [-0.39, 0.29) is 5.92 Å². The molecule has 0 spiro atoms. The molecule has 0 aromatic rings. The molecule has 0 saturated heterocycles. The van der Waals surface area contributed by atoms with Crippen molar-refractivity contribution >= 4 is 5.97 Å². The van der Waals surface area contributed by atoms with Gasteiger partial charge in [0.2, 0.25) is 0 Å². The summed E-state index contributed by atoms with van der Waals surface area (Å²) in [6, 6.07) is 0.524. The summed E-state index contributed by atoms with van der Waals surface area (Å²) in [5, 5.41) is 12.0. The van der Waals surface area contributed by atoms with E-state index in [4.69, 9.17) is 5.11 Å². The molecule has 1 fully saturated rings. The lowest BCUT2D eigenvalue weighted by molar-refractivity contribution is -0.144. The number of carboxylic acid groups (broad SMARTS) is 1. The second kappa shape index (κ2) is 3.90. The molecular formula is C9H17NO2. The zero-order chi connectivity index (χ0) is 9.14. The van der Waals surface area contributed by atoms with Crippen LogP contribution < -0.4 is 5.32 Å². The van der Waals surface area contributed by atoms with Gasteiger partial charge in [0, 0.05) is 6.04 Å². The lowest BCUT2D eigenvalue weighted by atomic mass is 9.78. The van der Waals surface area contributed by atoms with Crippen molar-refractivity contribution in [3.8, 4) is 0 Å². The van der Waals surface area contributed by atoms with Crippen LogP contribution in [0.25, 0.3) is 0 Å². The van der Waals surface area contributed by atoms with Crippen LogP contribution in [-0.4, -0.2) is 24.2 Å². The highest BCUT2D eigenvalue weighted by atomic mass is 16.4. The van der Waals surface area contributed by atoms with Crippen molar-refractivity contribution in [3.63, 3.8) is 0 Å². The highest BCUT2D eigenvalue weighted by Gasteiger charge is 2.31. The van der Waals surface area contributed by atoms with Crippen LogP contribution in [0.15, 0.2) is 0 Å². The van der Waals surface area contributed by atoms with E-state index in [2.05, 4.69) is 5.32 Å². The number of hydrogen-bond donors (Lipinski definition) is 2. The highest BCUT2D eigenvalue weighted by molar-refractivity contribution is 5.70. The Hall–Kier alpha value is -0.570. The number of carbonyl (C=O) groups is 1. The second-order valence-electron chi connectivity index (χ2n) is 3.72. The summed E-state index contributed by atoms with van der Waals surface area (Å²) in [5.41, 5.74) is 0. The minimum absolute atomic E-state index is 0.116. The van der Waals surface area contributed by atoms with Gasteiger partial charge in [-0.1, -0.05) is 6.92 Å². The van der Waals surface area contributed by atoms with Crippen molar-refractivity contribution in [2.45, 2.75) is 32.2 Å². The topological polar surface area (TPSA) is 49.3 Å². The van der Waals surface area contributed by atoms with Crippen LogP contribution in [-0.2, 0) is 4.79 Å². The third-order valence-electron chi connectivity index (χ3n) is 2.89. The summed E-state index contributed by atoms with van der Waals surface area (Å²) in [6.45, 7) is 2.03. The van der Waals surface area contributed by atoms with Gasteiger partial charge in [-0.3, -0.25) is 4.79 Å². The zero-order valence-electron chi connectivity index (χ0n) is 7.71. The number of aliphatic carboxylic acids is 1. The molecule has 3 unspecified atom stereocenters. The molecule has 70 valence electrons. The lowest BCUT2D eigenvalue weighted by Crippen LogP contribution is -2.37. The number of carboxylic acids is 1. The summed E-state index contributed by atoms with van der Waals surface area (Å²) in [7, 11) is 1.94. The molecule has 3 nitrogen and oxygen atoms in total. The van der Waals surface area contributed by atoms with Crippen LogP contribution in [0.2, 0.25) is 0 Å². The minimum Gasteiger partial charge on any atom is -0.481 e. The molecule has 12 heavy (non-hydrogen) atoms. The molecule has 0 aromatic carbocycles. The Labute approximate surface area is 73.2 Å². The lowest BCUT2D eigenvalue weighted by Gasteiger charge is -2.31. The third-order valence-corrected chi connectivity index (χ3v) is 2.89. The molecule has 0 bridgehead atoms. The maximum Gasteiger partial charge on any atom is 0.306 e. The largest absolute Gasteiger partial charge is 0.481 e. The van der Waals surface area contributed by atoms with Crippen molar-refractivity contribution in [2.24, 2.45) is 11.8 Å². The van der Waals surface area contributed by atoms with E-state index in [1.54, 1.807) is 0 Å². The van der Waals surface area contributed by atoms with Crippen LogP contribution in [0.3, 0.4) is 0 Å². The van der Waals surface area contributed by atoms with Gasteiger partial charge in [-0.2, -0.15) is 0 Å². The van der Waals surface area contributed by atoms with Crippen molar-refractivity contribution in [1.82, 2.24) is 5.32 Å². The van der Waals surface area contributed by atoms with Crippen molar-refractivity contribution in [3.05, 3.63) is 0 Å². The van der Waals surface area contributed by atoms with Gasteiger partial charge in [-0.25, -0.2) is 0 Å². The van der Waals surface area contributed by atoms with Crippen LogP contribution in [0, 0.1) is 11.8 Å². The monoisotopic (exact) mass is 171 g/mol. The highest BCUT2D eigenvalue weighted by Crippen LogP contribution is 2.29. The number of hydrogen-bond acceptors (Lipinski definition) is 2. The van der Waals surface area contributed by atoms with E-state index in [9.17, 15) is 4.79 Å². The Morgan fingerprint density at radius 2 is 2.17 bits per heavy atom. The Bertz CT molecular complexity index is 170. The van der Waals surface area contributed by atoms with Gasteiger partial charge >= 0.3 is 5.97 Å². The van der Waals surface area contributed by atoms with Crippen molar-refractivity contribution < 1.29 is 9.90 Å². The molecule has 0 radical (unpaired) electrons. The van der Waals surface area contributed by atoms with Crippen LogP contribution >= 0.6 is 0 Å². The Morgan fingerprint density at radius 1 is 1.50 bits per heavy atom. The maximum absolute atomic E-state index is 10.7. The Morgan fingerprint density at radius 3 is 2.58 bits per heavy atom. The first-order valence-electron chi connectivity index (χ1n) is 4.55. The van der Waals surface area contributed by atoms with Gasteiger partial charge in [0.15, 0.2) is 0 Å². The third kappa shape index (κ3) is 1.97. The summed E-state index contributed by atoms with van der Waals surface area (Å²) in [4.78, 5) is 10.7. The van der Waals surface area contributed by atoms with Crippen LogP contribution in [0.4, 0.5) is 0 Å². The average molecular weight is 171 g/mol. The smallest absolute Gasteiger partial charge is 0.306 e. The van der Waals surface area contributed by atoms with Crippen molar-refractivity contribution in [1.29, 1.82) is 0 Å². The van der Waals surface area contributed by atoms with Crippen LogP contribution in [0.5, 0.6) is 0 Å². The fraction of sp³-hybridized carbons (Fsp3) is 0.889. The normalized spacial score (nSPS) is 36.3. The molecule has 0 heterocycles. The van der Waals surface area contributed by atoms with Gasteiger partial charge in [-0.15, -0.1) is 0 Å². The minimum atomic E-state index is -0.628. The molecule has 3 heteroatoms. The standard InChI is InChI=1S/C9H17NO2/c1-6-5-7(10-2)3-4-8(6)9(11)12/h6-8,10H,3-5H2,1-2H3,(H,11,12). The quantitative estimate of drug-likeness (QED) is 0.654. The molecule has 0 aromatic heterocycles. The van der Waals surface area contributed by atoms with E-state index in [1.165, 1.54) is 0 Å². The maximum atomic E-state index is 10.7. The van der Waals surface area contributed by atoms with Gasteiger partial charge in [0.25, 0.3) is 0 Å². The van der Waals surface area contributed by atoms with Gasteiger partial charge in [-0.05, 0) is 32.2 Å². The predicted molar refractivity (Wildman–Crippen MR) is 47.0 cm³/mol. The summed E-state index contributed by atoms with van der Waals surface area (Å²) < 4.78 is 0. The number of nitrogens with one attached hydrogen (secondary N) is 1. The Balaban J connectivity index is 2.47. The molecule has 3 atom stereocenters. The van der Waals surface area contributed by atoms with Gasteiger partial charge < -0.3 is 10.4 Å². The fourth-order valence-electron chi connectivity index (χ4n) is 2.03. The average Bonchev–Trinajstić information content (AvgIpc) is 2.03. The summed E-state index contributed by atoms with van der Waals surface area (Å²) in [5.74, 6) is -0.430. The Kier molecular flexibility index (Phi) is 3.09. The zero-order valence-corrected chi connectivity index (χ0v) is 7.71. The second-order valence-corrected chi connectivity index (χ2v) is 3.72. The van der Waals surface area contributed by atoms with E-state index in [0.717, 1.165) is 19.3 Å². The SMILES string of the molecule is CNC1CCC(C(=O)O)C(C)C1. The molecular weight excluding hydrogens is 154 g/mol. The van der Waals surface area contributed by atoms with E-state index >= 15 is 0 Å². The van der Waals surface area contributed by atoms with Gasteiger partial charge in [0.05, 0.1) is 5.92 Å². The predicted octanol–water partition coefficient (Wildman–Crippen LogP) is 1.10. The summed E-state index contributed by atoms with van der Waals surface area (Å²) in [6.07, 6.45) is 2.81. The fourth-order valence-corrected chi connectivity index (χ4v) is 2.03. The number of rotatable bonds is 2. The molecule has 1 saturated carbocycles. The summed E-state index contributed by atoms with van der Waals surface area (Å²) >= 11 is 0. The van der Waals surface area contributed by atoms with E-state index < -0.39 is 5.97 Å². The molecule has 1 rings (SSSR count). The van der Waals surface area contributed by atoms with Crippen LogP contribution in [0.1, 0.15) is 26.2 Å². The molecule has 1 aliphatic rings. The van der Waals surface area contributed by atoms with Crippen molar-refractivity contribution in [2.75, 3.05) is 7.05 Å². The van der Waals surface area contributed by atoms with Gasteiger partial charge in [0.1, 0.15) is 0 Å². The first-order valence-corrected chi connectivity index (χ1v) is 4.55. The molecule has 2 N–H and O–H groups in total. The molecule has 1 aliphatic carbocycles. The molecule has 0 amide bonds. The molecule has 0 aliphatic heterocycles. The van der Waals surface area contributed by atoms with E-state index in [1.807, 2.05) is 14.0 Å².